The molecule has 0 aromatic heterocycles. The lowest BCUT2D eigenvalue weighted by Gasteiger charge is -2.12. The van der Waals surface area contributed by atoms with Crippen LogP contribution in [0.5, 0.6) is 0 Å². The lowest BCUT2D eigenvalue weighted by molar-refractivity contribution is -0.164. The van der Waals surface area contributed by atoms with Crippen molar-refractivity contribution in [3.63, 3.8) is 0 Å². The number of hydrogen-bond donors (Lipinski definition) is 1. The Hall–Kier alpha value is -1.66. The average Bonchev–Trinajstić information content (AvgIpc) is 2.11. The molecule has 88 valence electrons. The van der Waals surface area contributed by atoms with E-state index < -0.39 is 41.3 Å². The van der Waals surface area contributed by atoms with Crippen molar-refractivity contribution >= 4 is 5.97 Å². The molecule has 0 aliphatic carbocycles. The van der Waals surface area contributed by atoms with Gasteiger partial charge in [-0.3, -0.25) is 0 Å². The summed E-state index contributed by atoms with van der Waals surface area (Å²) < 4.78 is 63.5. The molecule has 2 nitrogen and oxygen atoms in total. The zero-order chi connectivity index (χ0) is 12.5. The third kappa shape index (κ3) is 2.47. The van der Waals surface area contributed by atoms with Gasteiger partial charge in [0.1, 0.15) is 17.5 Å². The molecule has 1 N–H and O–H groups in total. The monoisotopic (exact) mass is 240 g/mol. The van der Waals surface area contributed by atoms with E-state index in [0.29, 0.717) is 0 Å². The number of rotatable bonds is 3. The zero-order valence-corrected chi connectivity index (χ0v) is 7.61. The van der Waals surface area contributed by atoms with Crippen molar-refractivity contribution in [3.8, 4) is 0 Å². The Labute approximate surface area is 86.3 Å². The van der Waals surface area contributed by atoms with E-state index in [0.717, 1.165) is 0 Å². The van der Waals surface area contributed by atoms with E-state index in [1.807, 2.05) is 0 Å². The van der Waals surface area contributed by atoms with Crippen LogP contribution in [0.1, 0.15) is 5.56 Å². The Kier molecular flexibility index (Phi) is 3.16. The summed E-state index contributed by atoms with van der Waals surface area (Å²) in [4.78, 5) is 10.0. The molecule has 1 rings (SSSR count). The first-order valence-electron chi connectivity index (χ1n) is 3.98. The fourth-order valence-corrected chi connectivity index (χ4v) is 1.04. The normalized spacial score (nSPS) is 11.6. The highest BCUT2D eigenvalue weighted by molar-refractivity contribution is 5.75. The van der Waals surface area contributed by atoms with Crippen LogP contribution in [0, 0.1) is 17.5 Å². The number of hydrogen-bond acceptors (Lipinski definition) is 1. The fraction of sp³-hybridized carbons (Fsp3) is 0.222. The Morgan fingerprint density at radius 3 is 2.00 bits per heavy atom. The largest absolute Gasteiger partial charge is 0.477 e. The van der Waals surface area contributed by atoms with Gasteiger partial charge in [-0.25, -0.2) is 18.0 Å². The van der Waals surface area contributed by atoms with E-state index in [9.17, 15) is 26.7 Å². The molecule has 0 bridgehead atoms. The summed E-state index contributed by atoms with van der Waals surface area (Å²) in [5.74, 6) is -11.2. The number of alkyl halides is 2. The van der Waals surface area contributed by atoms with E-state index in [1.165, 1.54) is 0 Å². The van der Waals surface area contributed by atoms with Gasteiger partial charge in [0.05, 0.1) is 6.42 Å². The number of carbonyl (C=O) groups is 1. The molecule has 16 heavy (non-hydrogen) atoms. The molecule has 0 radical (unpaired) electrons. The first-order valence-corrected chi connectivity index (χ1v) is 3.98. The van der Waals surface area contributed by atoms with Gasteiger partial charge in [-0.2, -0.15) is 8.78 Å². The van der Waals surface area contributed by atoms with Gasteiger partial charge in [0.2, 0.25) is 0 Å². The second kappa shape index (κ2) is 4.07. The molecule has 0 unspecified atom stereocenters. The van der Waals surface area contributed by atoms with Gasteiger partial charge in [-0.05, 0) is 0 Å². The van der Waals surface area contributed by atoms with Gasteiger partial charge in [0.15, 0.2) is 0 Å². The molecule has 0 amide bonds. The maximum absolute atomic E-state index is 12.9. The van der Waals surface area contributed by atoms with Crippen LogP contribution in [0.4, 0.5) is 22.0 Å². The van der Waals surface area contributed by atoms with E-state index in [4.69, 9.17) is 5.11 Å². The molecular weight excluding hydrogens is 235 g/mol. The maximum atomic E-state index is 12.9. The molecule has 0 aliphatic heterocycles. The molecule has 1 aromatic rings. The first-order chi connectivity index (χ1) is 7.24. The van der Waals surface area contributed by atoms with Gasteiger partial charge >= 0.3 is 11.9 Å². The van der Waals surface area contributed by atoms with Crippen LogP contribution >= 0.6 is 0 Å². The van der Waals surface area contributed by atoms with Gasteiger partial charge in [0, 0.05) is 17.7 Å². The van der Waals surface area contributed by atoms with E-state index in [1.54, 1.807) is 0 Å². The molecule has 0 aliphatic rings. The molecule has 0 spiro atoms. The van der Waals surface area contributed by atoms with Crippen LogP contribution < -0.4 is 0 Å². The van der Waals surface area contributed by atoms with Crippen LogP contribution in [-0.4, -0.2) is 17.0 Å². The topological polar surface area (TPSA) is 37.3 Å². The molecule has 0 saturated carbocycles. The van der Waals surface area contributed by atoms with Gasteiger partial charge in [-0.15, -0.1) is 0 Å². The smallest absolute Gasteiger partial charge is 0.374 e. The third-order valence-electron chi connectivity index (χ3n) is 1.82. The summed E-state index contributed by atoms with van der Waals surface area (Å²) in [6.07, 6.45) is -1.67. The summed E-state index contributed by atoms with van der Waals surface area (Å²) >= 11 is 0. The SMILES string of the molecule is O=C(O)C(F)(F)Cc1c(F)cc(F)cc1F. The highest BCUT2D eigenvalue weighted by atomic mass is 19.3. The van der Waals surface area contributed by atoms with Gasteiger partial charge < -0.3 is 5.11 Å². The number of halogens is 5. The number of benzene rings is 1. The Balaban J connectivity index is 3.11. The summed E-state index contributed by atoms with van der Waals surface area (Å²) in [6.45, 7) is 0. The zero-order valence-electron chi connectivity index (χ0n) is 7.61. The van der Waals surface area contributed by atoms with Crippen molar-refractivity contribution in [2.24, 2.45) is 0 Å². The average molecular weight is 240 g/mol. The number of carboxylic acid groups (broad SMARTS) is 1. The molecule has 1 aromatic carbocycles. The predicted octanol–water partition coefficient (Wildman–Crippen LogP) is 2.37. The first kappa shape index (κ1) is 12.4. The minimum absolute atomic E-state index is 0.205. The second-order valence-corrected chi connectivity index (χ2v) is 3.03. The van der Waals surface area contributed by atoms with Crippen molar-refractivity contribution in [2.45, 2.75) is 12.3 Å². The highest BCUT2D eigenvalue weighted by Gasteiger charge is 2.40. The summed E-state index contributed by atoms with van der Waals surface area (Å²) in [6, 6.07) is 0.409. The molecular formula is C9H5F5O2. The van der Waals surface area contributed by atoms with Gasteiger partial charge in [-0.1, -0.05) is 0 Å². The molecule has 0 heterocycles. The molecule has 0 fully saturated rings. The molecule has 0 saturated heterocycles. The summed E-state index contributed by atoms with van der Waals surface area (Å²) in [5.41, 5.74) is -1.16. The van der Waals surface area contributed by atoms with Crippen molar-refractivity contribution in [3.05, 3.63) is 35.1 Å². The standard InChI is InChI=1S/C9H5F5O2/c10-4-1-6(11)5(7(12)2-4)3-9(13,14)8(15)16/h1-2H,3H2,(H,15,16). The third-order valence-corrected chi connectivity index (χ3v) is 1.82. The lowest BCUT2D eigenvalue weighted by atomic mass is 10.1. The number of carboxylic acids is 1. The quantitative estimate of drug-likeness (QED) is 0.823. The van der Waals surface area contributed by atoms with E-state index in [2.05, 4.69) is 0 Å². The lowest BCUT2D eigenvalue weighted by Crippen LogP contribution is -2.31. The molecule has 0 atom stereocenters. The van der Waals surface area contributed by atoms with Crippen molar-refractivity contribution in [2.75, 3.05) is 0 Å². The Morgan fingerprint density at radius 2 is 1.62 bits per heavy atom. The fourth-order valence-electron chi connectivity index (χ4n) is 1.04. The summed E-state index contributed by atoms with van der Waals surface area (Å²) in [7, 11) is 0. The Bertz CT molecular complexity index is 407. The number of aliphatic carboxylic acids is 1. The summed E-state index contributed by atoms with van der Waals surface area (Å²) in [5, 5.41) is 8.07. The van der Waals surface area contributed by atoms with Crippen LogP contribution in [0.25, 0.3) is 0 Å². The highest BCUT2D eigenvalue weighted by Crippen LogP contribution is 2.24. The minimum atomic E-state index is -4.31. The van der Waals surface area contributed by atoms with Crippen LogP contribution in [0.15, 0.2) is 12.1 Å². The van der Waals surface area contributed by atoms with E-state index in [-0.39, 0.29) is 12.1 Å². The van der Waals surface area contributed by atoms with Crippen LogP contribution in [0.2, 0.25) is 0 Å². The van der Waals surface area contributed by atoms with Crippen molar-refractivity contribution in [1.82, 2.24) is 0 Å². The van der Waals surface area contributed by atoms with Crippen LogP contribution in [-0.2, 0) is 11.2 Å². The van der Waals surface area contributed by atoms with Crippen molar-refractivity contribution < 1.29 is 31.9 Å². The maximum Gasteiger partial charge on any atom is 0.374 e. The van der Waals surface area contributed by atoms with Crippen molar-refractivity contribution in [1.29, 1.82) is 0 Å². The predicted molar refractivity (Wildman–Crippen MR) is 42.6 cm³/mol. The van der Waals surface area contributed by atoms with E-state index >= 15 is 0 Å². The minimum Gasteiger partial charge on any atom is -0.477 e. The van der Waals surface area contributed by atoms with Crippen LogP contribution in [0.3, 0.4) is 0 Å². The molecule has 7 heteroatoms. The second-order valence-electron chi connectivity index (χ2n) is 3.03. The van der Waals surface area contributed by atoms with Gasteiger partial charge in [0.25, 0.3) is 0 Å². The Morgan fingerprint density at radius 1 is 1.19 bits per heavy atom.